The lowest BCUT2D eigenvalue weighted by atomic mass is 10.1. The highest BCUT2D eigenvalue weighted by atomic mass is 16.2. The summed E-state index contributed by atoms with van der Waals surface area (Å²) in [5.74, 6) is -0.247. The number of aromatic nitrogens is 2. The van der Waals surface area contributed by atoms with Gasteiger partial charge in [-0.05, 0) is 106 Å². The number of hydrogen-bond acceptors (Lipinski definition) is 2. The number of hydrogen-bond donors (Lipinski definition) is 1. The lowest BCUT2D eigenvalue weighted by Gasteiger charge is -2.12. The molecular weight excluding hydrogens is 468 g/mol. The molecule has 2 heterocycles. The molecule has 0 radical (unpaired) electrons. The van der Waals surface area contributed by atoms with Crippen LogP contribution in [0.15, 0.2) is 96.1 Å². The fourth-order valence-electron chi connectivity index (χ4n) is 4.88. The molecule has 0 aliphatic rings. The average Bonchev–Trinajstić information content (AvgIpc) is 3.44. The predicted octanol–water partition coefficient (Wildman–Crippen LogP) is 7.24. The van der Waals surface area contributed by atoms with E-state index in [0.29, 0.717) is 5.56 Å². The van der Waals surface area contributed by atoms with Gasteiger partial charge in [0.1, 0.15) is 0 Å². The molecule has 1 N–H and O–H groups in total. The van der Waals surface area contributed by atoms with Crippen LogP contribution >= 0.6 is 0 Å². The van der Waals surface area contributed by atoms with E-state index in [-0.39, 0.29) is 5.91 Å². The third kappa shape index (κ3) is 4.83. The number of rotatable bonds is 6. The largest absolute Gasteiger partial charge is 0.318 e. The van der Waals surface area contributed by atoms with Gasteiger partial charge in [0.05, 0.1) is 11.9 Å². The Balaban J connectivity index is 1.31. The second-order valence-corrected chi connectivity index (χ2v) is 9.74. The smallest absolute Gasteiger partial charge is 0.271 e. The Kier molecular flexibility index (Phi) is 6.84. The first-order valence-electron chi connectivity index (χ1n) is 12.8. The number of nitrogens with zero attached hydrogens (tertiary/aromatic N) is 3. The summed E-state index contributed by atoms with van der Waals surface area (Å²) >= 11 is 0. The van der Waals surface area contributed by atoms with E-state index >= 15 is 0 Å². The zero-order chi connectivity index (χ0) is 26.8. The lowest BCUT2D eigenvalue weighted by molar-refractivity contribution is 0.0955. The molecule has 5 nitrogen and oxygen atoms in total. The van der Waals surface area contributed by atoms with Crippen LogP contribution in [0.25, 0.3) is 22.6 Å². The van der Waals surface area contributed by atoms with Gasteiger partial charge in [-0.25, -0.2) is 5.43 Å². The molecule has 0 aliphatic heterocycles. The third-order valence-corrected chi connectivity index (χ3v) is 7.12. The number of carbonyl (C=O) groups is 1. The summed E-state index contributed by atoms with van der Waals surface area (Å²) in [5.41, 5.74) is 14.4. The van der Waals surface area contributed by atoms with Crippen molar-refractivity contribution in [2.75, 3.05) is 0 Å². The number of carbonyl (C=O) groups excluding carboxylic acids is 1. The molecular formula is C33H32N4O. The highest BCUT2D eigenvalue weighted by molar-refractivity contribution is 5.95. The summed E-state index contributed by atoms with van der Waals surface area (Å²) in [5, 5.41) is 4.26. The molecule has 0 bridgehead atoms. The Morgan fingerprint density at radius 1 is 0.711 bits per heavy atom. The Hall–Kier alpha value is -4.64. The van der Waals surface area contributed by atoms with E-state index in [1.54, 1.807) is 6.21 Å². The van der Waals surface area contributed by atoms with Gasteiger partial charge in [0.2, 0.25) is 0 Å². The van der Waals surface area contributed by atoms with Crippen LogP contribution in [0.2, 0.25) is 0 Å². The number of amides is 1. The second kappa shape index (κ2) is 10.4. The van der Waals surface area contributed by atoms with Crippen LogP contribution in [0.1, 0.15) is 44.1 Å². The standard InChI is InChI=1S/C33H32N4O/c1-22-11-15-31(19-23(22)2)36-25(4)20-29(26(36)5)21-34-35-33(38)28-13-16-30(17-14-28)37-24(3)12-18-32(37)27-9-7-6-8-10-27/h6-21H,1-5H3,(H,35,38)/b34-21+. The summed E-state index contributed by atoms with van der Waals surface area (Å²) in [6.07, 6.45) is 1.71. The minimum absolute atomic E-state index is 0.247. The molecule has 5 rings (SSSR count). The molecule has 0 unspecified atom stereocenters. The molecule has 0 aliphatic carbocycles. The van der Waals surface area contributed by atoms with Crippen molar-refractivity contribution in [3.63, 3.8) is 0 Å². The van der Waals surface area contributed by atoms with Crippen LogP contribution in [-0.2, 0) is 0 Å². The van der Waals surface area contributed by atoms with E-state index < -0.39 is 0 Å². The number of hydrazone groups is 1. The van der Waals surface area contributed by atoms with Crippen LogP contribution < -0.4 is 5.43 Å². The van der Waals surface area contributed by atoms with Crippen LogP contribution in [0, 0.1) is 34.6 Å². The topological polar surface area (TPSA) is 51.3 Å². The van der Waals surface area contributed by atoms with Gasteiger partial charge in [-0.1, -0.05) is 36.4 Å². The monoisotopic (exact) mass is 500 g/mol. The lowest BCUT2D eigenvalue weighted by Crippen LogP contribution is -2.17. The molecule has 0 saturated heterocycles. The maximum absolute atomic E-state index is 12.8. The maximum Gasteiger partial charge on any atom is 0.271 e. The van der Waals surface area contributed by atoms with Gasteiger partial charge in [0.25, 0.3) is 5.91 Å². The van der Waals surface area contributed by atoms with Gasteiger partial charge in [0, 0.05) is 39.6 Å². The minimum atomic E-state index is -0.247. The molecule has 0 fully saturated rings. The normalized spacial score (nSPS) is 11.3. The van der Waals surface area contributed by atoms with Crippen molar-refractivity contribution in [1.29, 1.82) is 0 Å². The second-order valence-electron chi connectivity index (χ2n) is 9.74. The van der Waals surface area contributed by atoms with Gasteiger partial charge in [-0.3, -0.25) is 4.79 Å². The number of benzene rings is 3. The van der Waals surface area contributed by atoms with Crippen molar-refractivity contribution in [3.8, 4) is 22.6 Å². The van der Waals surface area contributed by atoms with Gasteiger partial charge in [-0.15, -0.1) is 0 Å². The van der Waals surface area contributed by atoms with Crippen molar-refractivity contribution in [2.24, 2.45) is 5.10 Å². The molecule has 3 aromatic carbocycles. The zero-order valence-corrected chi connectivity index (χ0v) is 22.5. The molecule has 0 atom stereocenters. The average molecular weight is 501 g/mol. The summed E-state index contributed by atoms with van der Waals surface area (Å²) < 4.78 is 4.40. The van der Waals surface area contributed by atoms with Crippen LogP contribution in [-0.4, -0.2) is 21.3 Å². The summed E-state index contributed by atoms with van der Waals surface area (Å²) in [7, 11) is 0. The van der Waals surface area contributed by atoms with Gasteiger partial charge >= 0.3 is 0 Å². The molecule has 2 aromatic heterocycles. The number of aryl methyl sites for hydroxylation is 4. The van der Waals surface area contributed by atoms with Crippen molar-refractivity contribution in [1.82, 2.24) is 14.6 Å². The van der Waals surface area contributed by atoms with E-state index in [2.05, 4.69) is 103 Å². The third-order valence-electron chi connectivity index (χ3n) is 7.12. The Morgan fingerprint density at radius 2 is 1.42 bits per heavy atom. The SMILES string of the molecule is Cc1ccc(-n2c(C)cc(/C=N/NC(=O)c3ccc(-n4c(C)ccc4-c4ccccc4)cc3)c2C)cc1C. The molecule has 38 heavy (non-hydrogen) atoms. The maximum atomic E-state index is 12.8. The molecule has 1 amide bonds. The Bertz CT molecular complexity index is 1640. The Labute approximate surface area is 224 Å². The van der Waals surface area contributed by atoms with Gasteiger partial charge in [-0.2, -0.15) is 5.10 Å². The van der Waals surface area contributed by atoms with E-state index in [9.17, 15) is 4.79 Å². The van der Waals surface area contributed by atoms with Crippen molar-refractivity contribution in [2.45, 2.75) is 34.6 Å². The van der Waals surface area contributed by atoms with Gasteiger partial charge < -0.3 is 9.13 Å². The van der Waals surface area contributed by atoms with E-state index in [4.69, 9.17) is 0 Å². The minimum Gasteiger partial charge on any atom is -0.318 e. The van der Waals surface area contributed by atoms with E-state index in [0.717, 1.165) is 45.3 Å². The van der Waals surface area contributed by atoms with Crippen molar-refractivity contribution >= 4 is 12.1 Å². The predicted molar refractivity (Wildman–Crippen MR) is 156 cm³/mol. The fraction of sp³-hybridized carbons (Fsp3) is 0.152. The molecule has 190 valence electrons. The first kappa shape index (κ1) is 25.0. The van der Waals surface area contributed by atoms with Crippen molar-refractivity contribution in [3.05, 3.63) is 130 Å². The summed E-state index contributed by atoms with van der Waals surface area (Å²) in [4.78, 5) is 12.8. The van der Waals surface area contributed by atoms with E-state index in [1.807, 2.05) is 42.5 Å². The summed E-state index contributed by atoms with van der Waals surface area (Å²) in [6.45, 7) is 10.5. The Morgan fingerprint density at radius 3 is 2.13 bits per heavy atom. The molecule has 0 spiro atoms. The quantitative estimate of drug-likeness (QED) is 0.194. The highest BCUT2D eigenvalue weighted by Crippen LogP contribution is 2.26. The van der Waals surface area contributed by atoms with Gasteiger partial charge in [0.15, 0.2) is 0 Å². The number of nitrogens with one attached hydrogen (secondary N) is 1. The molecule has 5 aromatic rings. The van der Waals surface area contributed by atoms with Crippen LogP contribution in [0.5, 0.6) is 0 Å². The fourth-order valence-corrected chi connectivity index (χ4v) is 4.88. The van der Waals surface area contributed by atoms with Crippen LogP contribution in [0.3, 0.4) is 0 Å². The summed E-state index contributed by atoms with van der Waals surface area (Å²) in [6, 6.07) is 30.7. The van der Waals surface area contributed by atoms with E-state index in [1.165, 1.54) is 11.1 Å². The van der Waals surface area contributed by atoms with Crippen molar-refractivity contribution < 1.29 is 4.79 Å². The molecule has 5 heteroatoms. The first-order valence-corrected chi connectivity index (χ1v) is 12.8. The first-order chi connectivity index (χ1) is 18.3. The molecule has 0 saturated carbocycles. The zero-order valence-electron chi connectivity index (χ0n) is 22.5. The highest BCUT2D eigenvalue weighted by Gasteiger charge is 2.12. The van der Waals surface area contributed by atoms with Crippen LogP contribution in [0.4, 0.5) is 0 Å².